The van der Waals surface area contributed by atoms with E-state index in [9.17, 15) is 22.5 Å². The molecule has 3 aromatic carbocycles. The minimum absolute atomic E-state index is 0.128. The summed E-state index contributed by atoms with van der Waals surface area (Å²) in [5, 5.41) is 12.4. The lowest BCUT2D eigenvalue weighted by molar-refractivity contribution is 0.599. The van der Waals surface area contributed by atoms with Gasteiger partial charge >= 0.3 is 0 Å². The molecule has 0 spiro atoms. The number of aromatic nitrogens is 8. The predicted molar refractivity (Wildman–Crippen MR) is 180 cm³/mol. The van der Waals surface area contributed by atoms with E-state index >= 15 is 0 Å². The molecule has 1 N–H and O–H groups in total. The maximum Gasteiger partial charge on any atom is 0.195 e. The maximum atomic E-state index is 13.5. The summed E-state index contributed by atoms with van der Waals surface area (Å²) in [5.74, 6) is 0.502. The molecule has 0 saturated heterocycles. The van der Waals surface area contributed by atoms with Crippen LogP contribution in [0.25, 0.3) is 45.1 Å². The number of aryl methyl sites for hydroxylation is 4. The van der Waals surface area contributed by atoms with Crippen LogP contribution in [0.15, 0.2) is 78.3 Å². The van der Waals surface area contributed by atoms with Crippen LogP contribution in [0.2, 0.25) is 0 Å². The molecular weight excluding hydrogens is 651 g/mol. The van der Waals surface area contributed by atoms with Crippen molar-refractivity contribution in [2.45, 2.75) is 18.9 Å². The van der Waals surface area contributed by atoms with Crippen LogP contribution in [0.4, 0.5) is 20.3 Å². The van der Waals surface area contributed by atoms with Crippen molar-refractivity contribution >= 4 is 43.7 Å². The summed E-state index contributed by atoms with van der Waals surface area (Å²) < 4.78 is 54.1. The quantitative estimate of drug-likeness (QED) is 0.215. The van der Waals surface area contributed by atoms with Gasteiger partial charge in [-0.3, -0.25) is 0 Å². The summed E-state index contributed by atoms with van der Waals surface area (Å²) in [7, 11) is -0.00679. The van der Waals surface area contributed by atoms with Crippen molar-refractivity contribution in [3.8, 4) is 28.8 Å². The summed E-state index contributed by atoms with van der Waals surface area (Å²) >= 11 is 0. The molecule has 0 aliphatic rings. The van der Waals surface area contributed by atoms with Crippen LogP contribution in [0.1, 0.15) is 16.7 Å². The van der Waals surface area contributed by atoms with Crippen LogP contribution < -0.4 is 5.32 Å². The Labute approximate surface area is 279 Å². The first kappa shape index (κ1) is 32.8. The molecule has 0 unspecified atom stereocenters. The number of hydrogen-bond donors (Lipinski definition) is 1. The third kappa shape index (κ3) is 6.54. The molecule has 7 rings (SSSR count). The van der Waals surface area contributed by atoms with Gasteiger partial charge in [0.1, 0.15) is 23.2 Å². The van der Waals surface area contributed by atoms with E-state index in [0.717, 1.165) is 17.4 Å². The van der Waals surface area contributed by atoms with Gasteiger partial charge in [-0.15, -0.1) is 0 Å². The fraction of sp³-hybridized carbons (Fsp3) is 0.147. The van der Waals surface area contributed by atoms with Gasteiger partial charge in [0, 0.05) is 31.5 Å². The summed E-state index contributed by atoms with van der Waals surface area (Å²) in [6, 6.07) is 18.0. The Kier molecular flexibility index (Phi) is 8.57. The minimum atomic E-state index is -3.57. The Bertz CT molecular complexity index is 2560. The standard InChI is InChI=1S/C20H15FN6.C14H13FN4O2S/c1-12-9-14(21)7-8-15(12)18-25-19(17-20(26-18)27(2)11-23-17)24-16-6-4-3-5-13(16)10-22;1-8-6-9(15)4-5-10(8)12-17-13-11(16-7-19(13)2)14(18-12)22(3,20)21/h3-9,11H,1-2H3,(H,24,25,26);4-7H,1-3H3. The monoisotopic (exact) mass is 678 g/mol. The number of benzene rings is 3. The molecule has 4 heterocycles. The second-order valence-electron chi connectivity index (χ2n) is 11.3. The molecule has 0 radical (unpaired) electrons. The first-order valence-electron chi connectivity index (χ1n) is 14.7. The lowest BCUT2D eigenvalue weighted by atomic mass is 10.1. The minimum Gasteiger partial charge on any atom is -0.337 e. The Morgan fingerprint density at radius 1 is 0.755 bits per heavy atom. The van der Waals surface area contributed by atoms with Gasteiger partial charge in [0.2, 0.25) is 0 Å². The Hall–Kier alpha value is -6.14. The molecule has 12 nitrogen and oxygen atoms in total. The van der Waals surface area contributed by atoms with Crippen LogP contribution >= 0.6 is 0 Å². The van der Waals surface area contributed by atoms with E-state index in [2.05, 4.69) is 41.3 Å². The van der Waals surface area contributed by atoms with Crippen molar-refractivity contribution in [1.29, 1.82) is 5.26 Å². The van der Waals surface area contributed by atoms with E-state index in [-0.39, 0.29) is 28.0 Å². The first-order chi connectivity index (χ1) is 23.3. The van der Waals surface area contributed by atoms with Gasteiger partial charge in [0.25, 0.3) is 0 Å². The fourth-order valence-corrected chi connectivity index (χ4v) is 5.89. The molecule has 15 heteroatoms. The summed E-state index contributed by atoms with van der Waals surface area (Å²) in [5.41, 5.74) is 5.68. The molecule has 246 valence electrons. The molecule has 0 aliphatic carbocycles. The number of anilines is 2. The van der Waals surface area contributed by atoms with E-state index in [4.69, 9.17) is 0 Å². The average molecular weight is 679 g/mol. The lowest BCUT2D eigenvalue weighted by Gasteiger charge is -2.11. The van der Waals surface area contributed by atoms with Gasteiger partial charge in [-0.25, -0.2) is 47.1 Å². The van der Waals surface area contributed by atoms with Gasteiger partial charge in [-0.2, -0.15) is 5.26 Å². The fourth-order valence-electron chi connectivity index (χ4n) is 5.15. The molecule has 0 atom stereocenters. The van der Waals surface area contributed by atoms with Gasteiger partial charge in [-0.1, -0.05) is 12.1 Å². The van der Waals surface area contributed by atoms with Crippen molar-refractivity contribution in [3.63, 3.8) is 0 Å². The van der Waals surface area contributed by atoms with E-state index in [1.165, 1.54) is 36.7 Å². The van der Waals surface area contributed by atoms with Crippen molar-refractivity contribution in [1.82, 2.24) is 39.0 Å². The molecule has 0 aliphatic heterocycles. The zero-order valence-electron chi connectivity index (χ0n) is 26.9. The Morgan fingerprint density at radius 2 is 1.29 bits per heavy atom. The zero-order valence-corrected chi connectivity index (χ0v) is 27.8. The summed E-state index contributed by atoms with van der Waals surface area (Å²) in [4.78, 5) is 26.2. The highest BCUT2D eigenvalue weighted by Gasteiger charge is 2.21. The number of halogens is 2. The number of sulfone groups is 1. The maximum absolute atomic E-state index is 13.5. The molecule has 4 aromatic heterocycles. The molecule has 0 bridgehead atoms. The van der Waals surface area contributed by atoms with Crippen LogP contribution in [0.3, 0.4) is 0 Å². The van der Waals surface area contributed by atoms with Crippen molar-refractivity contribution in [2.24, 2.45) is 14.1 Å². The van der Waals surface area contributed by atoms with Crippen LogP contribution in [0.5, 0.6) is 0 Å². The highest BCUT2D eigenvalue weighted by atomic mass is 32.2. The SMILES string of the molecule is Cc1cc(F)ccc1-c1nc(Nc2ccccc2C#N)c2ncn(C)c2n1.Cc1cc(F)ccc1-c1nc(S(C)(=O)=O)c2ncn(C)c2n1. The molecule has 49 heavy (non-hydrogen) atoms. The smallest absolute Gasteiger partial charge is 0.195 e. The summed E-state index contributed by atoms with van der Waals surface area (Å²) in [6.07, 6.45) is 4.21. The van der Waals surface area contributed by atoms with Gasteiger partial charge in [0.15, 0.2) is 49.1 Å². The topological polar surface area (TPSA) is 157 Å². The van der Waals surface area contributed by atoms with Crippen molar-refractivity contribution < 1.29 is 17.2 Å². The van der Waals surface area contributed by atoms with E-state index < -0.39 is 9.84 Å². The number of fused-ring (bicyclic) bond motifs is 2. The molecular formula is C34H28F2N10O2S. The molecule has 0 fully saturated rings. The number of nitrogens with zero attached hydrogens (tertiary/aromatic N) is 9. The van der Waals surface area contributed by atoms with Crippen LogP contribution in [-0.4, -0.2) is 53.7 Å². The zero-order chi connectivity index (χ0) is 35.0. The van der Waals surface area contributed by atoms with E-state index in [1.54, 1.807) is 53.7 Å². The summed E-state index contributed by atoms with van der Waals surface area (Å²) in [6.45, 7) is 3.53. The number of nitrogens with one attached hydrogen (secondary N) is 1. The Morgan fingerprint density at radius 3 is 1.84 bits per heavy atom. The first-order valence-corrected chi connectivity index (χ1v) is 16.6. The normalized spacial score (nSPS) is 11.3. The lowest BCUT2D eigenvalue weighted by Crippen LogP contribution is -2.06. The van der Waals surface area contributed by atoms with Crippen LogP contribution in [0, 0.1) is 36.8 Å². The average Bonchev–Trinajstić information content (AvgIpc) is 3.62. The number of rotatable bonds is 5. The Balaban J connectivity index is 0.000000174. The van der Waals surface area contributed by atoms with Crippen LogP contribution in [-0.2, 0) is 23.9 Å². The molecule has 0 saturated carbocycles. The number of imidazole rings is 2. The number of para-hydroxylation sites is 1. The van der Waals surface area contributed by atoms with E-state index in [1.807, 2.05) is 20.0 Å². The highest BCUT2D eigenvalue weighted by Crippen LogP contribution is 2.29. The van der Waals surface area contributed by atoms with Gasteiger partial charge in [-0.05, 0) is 73.5 Å². The van der Waals surface area contributed by atoms with Gasteiger partial charge < -0.3 is 14.5 Å². The molecule has 7 aromatic rings. The second kappa shape index (κ2) is 12.8. The van der Waals surface area contributed by atoms with Crippen molar-refractivity contribution in [3.05, 3.63) is 102 Å². The van der Waals surface area contributed by atoms with Crippen molar-refractivity contribution in [2.75, 3.05) is 11.6 Å². The molecule has 0 amide bonds. The predicted octanol–water partition coefficient (Wildman–Crippen LogP) is 5.97. The number of nitriles is 1. The highest BCUT2D eigenvalue weighted by molar-refractivity contribution is 7.90. The van der Waals surface area contributed by atoms with Gasteiger partial charge in [0.05, 0.1) is 23.9 Å². The third-order valence-electron chi connectivity index (χ3n) is 7.60. The van der Waals surface area contributed by atoms with E-state index in [0.29, 0.717) is 50.8 Å². The third-order valence-corrected chi connectivity index (χ3v) is 8.59. The second-order valence-corrected chi connectivity index (χ2v) is 13.2. The number of hydrogen-bond acceptors (Lipinski definition) is 10. The largest absolute Gasteiger partial charge is 0.337 e.